The second-order valence-electron chi connectivity index (χ2n) is 16.2. The van der Waals surface area contributed by atoms with Crippen LogP contribution >= 0.6 is 0 Å². The summed E-state index contributed by atoms with van der Waals surface area (Å²) >= 11 is 0. The van der Waals surface area contributed by atoms with Crippen molar-refractivity contribution in [1.29, 1.82) is 0 Å². The smallest absolute Gasteiger partial charge is 0.0528 e. The van der Waals surface area contributed by atoms with Crippen LogP contribution in [0.2, 0.25) is 0 Å². The van der Waals surface area contributed by atoms with Crippen LogP contribution < -0.4 is 4.90 Å². The minimum Gasteiger partial charge on any atom is -0.317 e. The van der Waals surface area contributed by atoms with E-state index in [1.807, 2.05) is 0 Å². The number of hydrogen-bond donors (Lipinski definition) is 0. The molecule has 1 heterocycles. The number of anilines is 3. The van der Waals surface area contributed by atoms with E-state index in [9.17, 15) is 0 Å². The highest BCUT2D eigenvalue weighted by Crippen LogP contribution is 2.39. The zero-order valence-corrected chi connectivity index (χ0v) is 35.3. The van der Waals surface area contributed by atoms with Crippen LogP contribution in [-0.2, 0) is 0 Å². The first-order valence-electron chi connectivity index (χ1n) is 21.9. The molecule has 0 amide bonds. The van der Waals surface area contributed by atoms with Crippen LogP contribution in [-0.4, -0.2) is 4.57 Å². The van der Waals surface area contributed by atoms with Crippen molar-refractivity contribution in [2.24, 2.45) is 0 Å². The van der Waals surface area contributed by atoms with Gasteiger partial charge in [-0.15, -0.1) is 0 Å². The van der Waals surface area contributed by atoms with E-state index >= 15 is 0 Å². The van der Waals surface area contributed by atoms with Crippen molar-refractivity contribution in [2.75, 3.05) is 4.90 Å². The lowest BCUT2D eigenvalue weighted by atomic mass is 9.93. The molecule has 0 aliphatic carbocycles. The Bertz CT molecular complexity index is 3160. The highest BCUT2D eigenvalue weighted by Gasteiger charge is 2.15. The SMILES string of the molecule is c1ccc(-c2ccc(N(c3ccc(-c4ccccc4)cc3)c3ccc(-c4ccc(-n5ccc6cc(-c7cc(-c8ccccc8)cc(-c8ccccc8)c7)ccc65)cc4)cc3)cc2)cc1. The van der Waals surface area contributed by atoms with Gasteiger partial charge in [-0.2, -0.15) is 0 Å². The molecule has 0 N–H and O–H groups in total. The highest BCUT2D eigenvalue weighted by molar-refractivity contribution is 5.90. The number of hydrogen-bond acceptors (Lipinski definition) is 1. The van der Waals surface area contributed by atoms with Crippen LogP contribution in [0.25, 0.3) is 83.4 Å². The van der Waals surface area contributed by atoms with Crippen molar-refractivity contribution in [2.45, 2.75) is 0 Å². The lowest BCUT2D eigenvalue weighted by molar-refractivity contribution is 1.13. The van der Waals surface area contributed by atoms with Gasteiger partial charge in [0.15, 0.2) is 0 Å². The van der Waals surface area contributed by atoms with E-state index in [0.717, 1.165) is 22.7 Å². The molecule has 0 aliphatic heterocycles. The molecule has 302 valence electrons. The Balaban J connectivity index is 0.870. The Morgan fingerprint density at radius 2 is 0.547 bits per heavy atom. The summed E-state index contributed by atoms with van der Waals surface area (Å²) < 4.78 is 2.28. The van der Waals surface area contributed by atoms with Crippen molar-refractivity contribution >= 4 is 28.0 Å². The second-order valence-corrected chi connectivity index (χ2v) is 16.2. The van der Waals surface area contributed by atoms with E-state index in [1.165, 1.54) is 77.7 Å². The lowest BCUT2D eigenvalue weighted by Gasteiger charge is -2.26. The average Bonchev–Trinajstić information content (AvgIpc) is 3.82. The Hall–Kier alpha value is -8.46. The van der Waals surface area contributed by atoms with Gasteiger partial charge in [0.25, 0.3) is 0 Å². The third-order valence-corrected chi connectivity index (χ3v) is 12.2. The Kier molecular flexibility index (Phi) is 10.3. The fourth-order valence-corrected chi connectivity index (χ4v) is 8.87. The van der Waals surface area contributed by atoms with Gasteiger partial charge in [0.1, 0.15) is 0 Å². The van der Waals surface area contributed by atoms with E-state index in [-0.39, 0.29) is 0 Å². The minimum atomic E-state index is 1.10. The molecule has 0 unspecified atom stereocenters. The molecule has 0 fully saturated rings. The average molecular weight is 817 g/mol. The molecule has 0 aliphatic rings. The molecule has 0 radical (unpaired) electrons. The van der Waals surface area contributed by atoms with E-state index in [2.05, 4.69) is 277 Å². The van der Waals surface area contributed by atoms with Crippen molar-refractivity contribution < 1.29 is 0 Å². The topological polar surface area (TPSA) is 8.17 Å². The Morgan fingerprint density at radius 3 is 0.938 bits per heavy atom. The molecule has 1 aromatic heterocycles. The van der Waals surface area contributed by atoms with Gasteiger partial charge < -0.3 is 9.47 Å². The molecule has 64 heavy (non-hydrogen) atoms. The zero-order chi connectivity index (χ0) is 42.7. The first-order chi connectivity index (χ1) is 31.7. The molecular weight excluding hydrogens is 773 g/mol. The standard InChI is InChI=1S/C62H44N2/c1-5-13-45(14-6-1)49-23-32-59(33-24-49)64(60-34-25-50(26-35-60)46-15-7-2-8-16-46)61-36-27-52(28-37-61)51-21-30-58(31-22-51)63-40-39-54-41-53(29-38-62(54)63)57-43-55(47-17-9-3-10-18-47)42-56(44-57)48-19-11-4-12-20-48/h1-44H. The third-order valence-electron chi connectivity index (χ3n) is 12.2. The maximum absolute atomic E-state index is 2.33. The van der Waals surface area contributed by atoms with Gasteiger partial charge in [0.05, 0.1) is 5.52 Å². The molecule has 11 aromatic rings. The van der Waals surface area contributed by atoms with Gasteiger partial charge in [0.2, 0.25) is 0 Å². The quantitative estimate of drug-likeness (QED) is 0.133. The first-order valence-corrected chi connectivity index (χ1v) is 21.9. The summed E-state index contributed by atoms with van der Waals surface area (Å²) in [5, 5.41) is 1.21. The van der Waals surface area contributed by atoms with E-state index in [0.29, 0.717) is 0 Å². The van der Waals surface area contributed by atoms with Gasteiger partial charge in [-0.05, 0) is 152 Å². The largest absolute Gasteiger partial charge is 0.317 e. The van der Waals surface area contributed by atoms with Crippen molar-refractivity contribution in [3.63, 3.8) is 0 Å². The summed E-state index contributed by atoms with van der Waals surface area (Å²) in [5.74, 6) is 0. The predicted octanol–water partition coefficient (Wildman–Crippen LogP) is 17.1. The normalized spacial score (nSPS) is 11.1. The van der Waals surface area contributed by atoms with Crippen LogP contribution in [0, 0.1) is 0 Å². The molecular formula is C62H44N2. The zero-order valence-electron chi connectivity index (χ0n) is 35.3. The molecule has 10 aromatic carbocycles. The molecule has 0 saturated heterocycles. The number of fused-ring (bicyclic) bond motifs is 1. The molecule has 2 heteroatoms. The number of aromatic nitrogens is 1. The summed E-state index contributed by atoms with van der Waals surface area (Å²) in [6.07, 6.45) is 2.18. The maximum Gasteiger partial charge on any atom is 0.0528 e. The fourth-order valence-electron chi connectivity index (χ4n) is 8.87. The molecule has 0 bridgehead atoms. The molecule has 11 rings (SSSR count). The van der Waals surface area contributed by atoms with E-state index < -0.39 is 0 Å². The minimum absolute atomic E-state index is 1.10. The van der Waals surface area contributed by atoms with Crippen LogP contribution in [0.4, 0.5) is 17.1 Å². The second kappa shape index (κ2) is 17.1. The van der Waals surface area contributed by atoms with E-state index in [1.54, 1.807) is 0 Å². The van der Waals surface area contributed by atoms with Crippen LogP contribution in [0.3, 0.4) is 0 Å². The summed E-state index contributed by atoms with van der Waals surface area (Å²) in [6, 6.07) is 94.0. The fraction of sp³-hybridized carbons (Fsp3) is 0. The van der Waals surface area contributed by atoms with Gasteiger partial charge >= 0.3 is 0 Å². The highest BCUT2D eigenvalue weighted by atomic mass is 15.1. The lowest BCUT2D eigenvalue weighted by Crippen LogP contribution is -2.09. The molecule has 0 atom stereocenters. The van der Waals surface area contributed by atoms with Crippen LogP contribution in [0.5, 0.6) is 0 Å². The summed E-state index contributed by atoms with van der Waals surface area (Å²) in [6.45, 7) is 0. The first kappa shape index (κ1) is 38.5. The predicted molar refractivity (Wildman–Crippen MR) is 271 cm³/mol. The number of nitrogens with zero attached hydrogens (tertiary/aromatic N) is 2. The number of benzene rings is 10. The van der Waals surface area contributed by atoms with Gasteiger partial charge in [-0.25, -0.2) is 0 Å². The molecule has 0 spiro atoms. The summed E-state index contributed by atoms with van der Waals surface area (Å²) in [5.41, 5.74) is 20.0. The van der Waals surface area contributed by atoms with Crippen molar-refractivity contribution in [3.8, 4) is 72.4 Å². The Labute approximate surface area is 375 Å². The van der Waals surface area contributed by atoms with Gasteiger partial charge in [-0.3, -0.25) is 0 Å². The van der Waals surface area contributed by atoms with Gasteiger partial charge in [-0.1, -0.05) is 176 Å². The summed E-state index contributed by atoms with van der Waals surface area (Å²) in [7, 11) is 0. The van der Waals surface area contributed by atoms with Crippen molar-refractivity contribution in [1.82, 2.24) is 4.57 Å². The third kappa shape index (κ3) is 7.81. The summed E-state index contributed by atoms with van der Waals surface area (Å²) in [4.78, 5) is 2.33. The van der Waals surface area contributed by atoms with Crippen LogP contribution in [0.1, 0.15) is 0 Å². The number of rotatable bonds is 10. The van der Waals surface area contributed by atoms with Gasteiger partial charge in [0, 0.05) is 34.3 Å². The monoisotopic (exact) mass is 816 g/mol. The van der Waals surface area contributed by atoms with Crippen LogP contribution in [0.15, 0.2) is 267 Å². The van der Waals surface area contributed by atoms with Crippen molar-refractivity contribution in [3.05, 3.63) is 267 Å². The molecule has 2 nitrogen and oxygen atoms in total. The Morgan fingerprint density at radius 1 is 0.234 bits per heavy atom. The maximum atomic E-state index is 2.33. The molecule has 0 saturated carbocycles. The van der Waals surface area contributed by atoms with E-state index in [4.69, 9.17) is 0 Å².